The Morgan fingerprint density at radius 2 is 2.25 bits per heavy atom. The second kappa shape index (κ2) is 7.63. The molecule has 9 heteroatoms. The SMILES string of the molecule is CC(C)c1nnc(CNC(=O)CCc2nc(-c3cccs3)no2)s1. The molecule has 0 aromatic carbocycles. The molecule has 126 valence electrons. The van der Waals surface area contributed by atoms with Crippen molar-refractivity contribution in [2.24, 2.45) is 0 Å². The zero-order valence-corrected chi connectivity index (χ0v) is 15.0. The molecule has 0 bridgehead atoms. The highest BCUT2D eigenvalue weighted by molar-refractivity contribution is 7.13. The molecule has 3 aromatic rings. The highest BCUT2D eigenvalue weighted by Gasteiger charge is 2.12. The molecule has 24 heavy (non-hydrogen) atoms. The molecule has 0 saturated carbocycles. The summed E-state index contributed by atoms with van der Waals surface area (Å²) in [4.78, 5) is 17.2. The number of hydrogen-bond donors (Lipinski definition) is 1. The molecular weight excluding hydrogens is 346 g/mol. The second-order valence-corrected chi connectivity index (χ2v) is 7.50. The molecular formula is C15H17N5O2S2. The first kappa shape index (κ1) is 16.7. The Kier molecular flexibility index (Phi) is 5.31. The third-order valence-electron chi connectivity index (χ3n) is 3.19. The minimum absolute atomic E-state index is 0.0767. The van der Waals surface area contributed by atoms with E-state index >= 15 is 0 Å². The molecule has 3 aromatic heterocycles. The predicted molar refractivity (Wildman–Crippen MR) is 91.8 cm³/mol. The van der Waals surface area contributed by atoms with E-state index in [1.165, 1.54) is 11.3 Å². The van der Waals surface area contributed by atoms with Crippen molar-refractivity contribution in [3.63, 3.8) is 0 Å². The summed E-state index contributed by atoms with van der Waals surface area (Å²) in [7, 11) is 0. The summed E-state index contributed by atoms with van der Waals surface area (Å²) in [6, 6.07) is 3.86. The van der Waals surface area contributed by atoms with Crippen LogP contribution in [0.3, 0.4) is 0 Å². The summed E-state index contributed by atoms with van der Waals surface area (Å²) in [6.07, 6.45) is 0.708. The number of carbonyl (C=O) groups excluding carboxylic acids is 1. The van der Waals surface area contributed by atoms with Gasteiger partial charge in [0.25, 0.3) is 0 Å². The van der Waals surface area contributed by atoms with Crippen molar-refractivity contribution in [1.29, 1.82) is 0 Å². The van der Waals surface area contributed by atoms with E-state index in [1.54, 1.807) is 11.3 Å². The first-order valence-corrected chi connectivity index (χ1v) is 9.27. The second-order valence-electron chi connectivity index (χ2n) is 5.45. The molecule has 0 saturated heterocycles. The average molecular weight is 363 g/mol. The van der Waals surface area contributed by atoms with Crippen molar-refractivity contribution in [1.82, 2.24) is 25.7 Å². The molecule has 3 rings (SSSR count). The molecule has 0 aliphatic carbocycles. The fourth-order valence-electron chi connectivity index (χ4n) is 1.92. The first-order chi connectivity index (χ1) is 11.6. The standard InChI is InChI=1S/C15H17N5O2S2/c1-9(2)15-19-18-13(24-15)8-16-11(21)5-6-12-17-14(20-22-12)10-4-3-7-23-10/h3-4,7,9H,5-6,8H2,1-2H3,(H,16,21). The molecule has 7 nitrogen and oxygen atoms in total. The molecule has 1 N–H and O–H groups in total. The lowest BCUT2D eigenvalue weighted by atomic mass is 10.2. The van der Waals surface area contributed by atoms with Gasteiger partial charge in [-0.1, -0.05) is 36.4 Å². The molecule has 0 fully saturated rings. The Morgan fingerprint density at radius 1 is 1.38 bits per heavy atom. The van der Waals surface area contributed by atoms with Crippen LogP contribution in [0.4, 0.5) is 0 Å². The predicted octanol–water partition coefficient (Wildman–Crippen LogP) is 3.02. The Hall–Kier alpha value is -2.13. The minimum Gasteiger partial charge on any atom is -0.350 e. The fraction of sp³-hybridized carbons (Fsp3) is 0.400. The van der Waals surface area contributed by atoms with Crippen LogP contribution in [0.2, 0.25) is 0 Å². The molecule has 0 unspecified atom stereocenters. The van der Waals surface area contributed by atoms with Crippen molar-refractivity contribution in [2.75, 3.05) is 0 Å². The third kappa shape index (κ3) is 4.24. The average Bonchev–Trinajstić information content (AvgIpc) is 3.31. The maximum absolute atomic E-state index is 11.9. The van der Waals surface area contributed by atoms with Gasteiger partial charge < -0.3 is 9.84 Å². The lowest BCUT2D eigenvalue weighted by Crippen LogP contribution is -2.23. The smallest absolute Gasteiger partial charge is 0.227 e. The summed E-state index contributed by atoms with van der Waals surface area (Å²) in [5.74, 6) is 1.30. The van der Waals surface area contributed by atoms with Gasteiger partial charge in [-0.3, -0.25) is 4.79 Å². The molecule has 0 radical (unpaired) electrons. The van der Waals surface area contributed by atoms with Crippen LogP contribution in [0.15, 0.2) is 22.0 Å². The highest BCUT2D eigenvalue weighted by atomic mass is 32.1. The number of aryl methyl sites for hydroxylation is 1. The topological polar surface area (TPSA) is 93.8 Å². The maximum atomic E-state index is 11.9. The lowest BCUT2D eigenvalue weighted by Gasteiger charge is -2.00. The van der Waals surface area contributed by atoms with E-state index in [0.717, 1.165) is 14.9 Å². The summed E-state index contributed by atoms with van der Waals surface area (Å²) in [6.45, 7) is 4.53. The van der Waals surface area contributed by atoms with E-state index in [4.69, 9.17) is 4.52 Å². The van der Waals surface area contributed by atoms with Crippen molar-refractivity contribution >= 4 is 28.6 Å². The number of hydrogen-bond acceptors (Lipinski definition) is 8. The third-order valence-corrected chi connectivity index (χ3v) is 5.28. The van der Waals surface area contributed by atoms with E-state index in [1.807, 2.05) is 17.5 Å². The lowest BCUT2D eigenvalue weighted by molar-refractivity contribution is -0.121. The normalized spacial score (nSPS) is 11.1. The Morgan fingerprint density at radius 3 is 2.96 bits per heavy atom. The molecule has 0 spiro atoms. The van der Waals surface area contributed by atoms with Gasteiger partial charge in [-0.25, -0.2) is 0 Å². The molecule has 0 aliphatic rings. The Bertz CT molecular complexity index is 795. The van der Waals surface area contributed by atoms with Crippen LogP contribution in [-0.2, 0) is 17.8 Å². The quantitative estimate of drug-likeness (QED) is 0.693. The van der Waals surface area contributed by atoms with E-state index in [-0.39, 0.29) is 5.91 Å². The number of rotatable bonds is 7. The monoisotopic (exact) mass is 363 g/mol. The van der Waals surface area contributed by atoms with Gasteiger partial charge in [-0.05, 0) is 11.4 Å². The zero-order valence-electron chi connectivity index (χ0n) is 13.4. The highest BCUT2D eigenvalue weighted by Crippen LogP contribution is 2.21. The summed E-state index contributed by atoms with van der Waals surface area (Å²) in [5, 5.41) is 18.7. The largest absolute Gasteiger partial charge is 0.350 e. The van der Waals surface area contributed by atoms with Crippen LogP contribution in [0, 0.1) is 0 Å². The Labute approximate surface area is 147 Å². The summed E-state index contributed by atoms with van der Waals surface area (Å²) in [5.41, 5.74) is 0. The summed E-state index contributed by atoms with van der Waals surface area (Å²) < 4.78 is 5.18. The molecule has 0 atom stereocenters. The molecule has 0 aliphatic heterocycles. The van der Waals surface area contributed by atoms with Crippen LogP contribution in [0.5, 0.6) is 0 Å². The van der Waals surface area contributed by atoms with E-state index in [9.17, 15) is 4.79 Å². The van der Waals surface area contributed by atoms with Crippen molar-refractivity contribution in [3.05, 3.63) is 33.4 Å². The van der Waals surface area contributed by atoms with Crippen LogP contribution < -0.4 is 5.32 Å². The van der Waals surface area contributed by atoms with Gasteiger partial charge in [0.2, 0.25) is 17.6 Å². The number of nitrogens with zero attached hydrogens (tertiary/aromatic N) is 4. The van der Waals surface area contributed by atoms with Gasteiger partial charge in [0.1, 0.15) is 10.0 Å². The van der Waals surface area contributed by atoms with Gasteiger partial charge in [0.05, 0.1) is 11.4 Å². The van der Waals surface area contributed by atoms with E-state index < -0.39 is 0 Å². The number of aromatic nitrogens is 4. The molecule has 3 heterocycles. The van der Waals surface area contributed by atoms with Gasteiger partial charge in [0.15, 0.2) is 0 Å². The number of amides is 1. The number of carbonyl (C=O) groups is 1. The minimum atomic E-state index is -0.0767. The Balaban J connectivity index is 1.45. The van der Waals surface area contributed by atoms with Crippen molar-refractivity contribution in [3.8, 4) is 10.7 Å². The van der Waals surface area contributed by atoms with Crippen molar-refractivity contribution in [2.45, 2.75) is 39.2 Å². The number of nitrogens with one attached hydrogen (secondary N) is 1. The number of thiophene rings is 1. The zero-order chi connectivity index (χ0) is 16.9. The van der Waals surface area contributed by atoms with Crippen LogP contribution in [-0.4, -0.2) is 26.2 Å². The maximum Gasteiger partial charge on any atom is 0.227 e. The first-order valence-electron chi connectivity index (χ1n) is 7.57. The molecule has 1 amide bonds. The van der Waals surface area contributed by atoms with Gasteiger partial charge >= 0.3 is 0 Å². The fourth-order valence-corrected chi connectivity index (χ4v) is 3.35. The van der Waals surface area contributed by atoms with Gasteiger partial charge in [0, 0.05) is 18.8 Å². The van der Waals surface area contributed by atoms with Crippen molar-refractivity contribution < 1.29 is 9.32 Å². The van der Waals surface area contributed by atoms with Gasteiger partial charge in [-0.15, -0.1) is 21.5 Å². The van der Waals surface area contributed by atoms with E-state index in [2.05, 4.69) is 39.5 Å². The van der Waals surface area contributed by atoms with Crippen LogP contribution in [0.1, 0.15) is 42.1 Å². The van der Waals surface area contributed by atoms with E-state index in [0.29, 0.717) is 37.0 Å². The van der Waals surface area contributed by atoms with Crippen LogP contribution >= 0.6 is 22.7 Å². The van der Waals surface area contributed by atoms with Crippen LogP contribution in [0.25, 0.3) is 10.7 Å². The summed E-state index contributed by atoms with van der Waals surface area (Å²) >= 11 is 3.07. The van der Waals surface area contributed by atoms with Gasteiger partial charge in [-0.2, -0.15) is 4.98 Å².